The molecular formula is C18H17BrN4O5S. The molecule has 1 aromatic carbocycles. The molecule has 1 aliphatic rings. The molecule has 0 bridgehead atoms. The summed E-state index contributed by atoms with van der Waals surface area (Å²) in [5, 5.41) is 13.3. The maximum Gasteiger partial charge on any atom is 0.324 e. The highest BCUT2D eigenvalue weighted by atomic mass is 79.9. The van der Waals surface area contributed by atoms with Gasteiger partial charge in [0.2, 0.25) is 5.91 Å². The van der Waals surface area contributed by atoms with Gasteiger partial charge in [0.1, 0.15) is 0 Å². The van der Waals surface area contributed by atoms with Crippen molar-refractivity contribution in [2.24, 2.45) is 0 Å². The Morgan fingerprint density at radius 1 is 1.10 bits per heavy atom. The van der Waals surface area contributed by atoms with Gasteiger partial charge < -0.3 is 15.1 Å². The van der Waals surface area contributed by atoms with Crippen LogP contribution in [0.2, 0.25) is 0 Å². The second-order valence-electron chi connectivity index (χ2n) is 6.26. The number of nitrogens with one attached hydrogen (secondary N) is 1. The molecule has 2 heterocycles. The molecule has 2 aromatic rings. The van der Waals surface area contributed by atoms with Crippen molar-refractivity contribution in [2.75, 3.05) is 32.7 Å². The molecule has 1 fully saturated rings. The van der Waals surface area contributed by atoms with Crippen molar-refractivity contribution in [3.8, 4) is 0 Å². The molecule has 0 spiro atoms. The number of rotatable bonds is 5. The monoisotopic (exact) mass is 480 g/mol. The van der Waals surface area contributed by atoms with Gasteiger partial charge in [0.05, 0.1) is 16.3 Å². The van der Waals surface area contributed by atoms with Crippen LogP contribution >= 0.6 is 27.3 Å². The number of nitrogens with zero attached hydrogens (tertiary/aromatic N) is 3. The summed E-state index contributed by atoms with van der Waals surface area (Å²) in [6.45, 7) is 1.21. The highest BCUT2D eigenvalue weighted by molar-refractivity contribution is 9.10. The van der Waals surface area contributed by atoms with Crippen LogP contribution in [0.5, 0.6) is 0 Å². The zero-order valence-corrected chi connectivity index (χ0v) is 17.6. The number of amides is 3. The Morgan fingerprint density at radius 3 is 2.41 bits per heavy atom. The van der Waals surface area contributed by atoms with E-state index in [4.69, 9.17) is 0 Å². The van der Waals surface area contributed by atoms with Crippen LogP contribution < -0.4 is 5.32 Å². The number of nitro groups is 1. The molecule has 152 valence electrons. The van der Waals surface area contributed by atoms with Crippen molar-refractivity contribution < 1.29 is 19.3 Å². The fourth-order valence-corrected chi connectivity index (χ4v) is 4.04. The Labute approximate surface area is 178 Å². The van der Waals surface area contributed by atoms with E-state index in [0.29, 0.717) is 36.6 Å². The molecule has 1 aromatic heterocycles. The molecule has 0 radical (unpaired) electrons. The Bertz CT molecular complexity index is 955. The van der Waals surface area contributed by atoms with Gasteiger partial charge in [-0.25, -0.2) is 0 Å². The zero-order valence-electron chi connectivity index (χ0n) is 15.2. The van der Waals surface area contributed by atoms with Gasteiger partial charge in [0.25, 0.3) is 11.8 Å². The lowest BCUT2D eigenvalue weighted by Gasteiger charge is -2.34. The van der Waals surface area contributed by atoms with Gasteiger partial charge in [-0.05, 0) is 24.3 Å². The van der Waals surface area contributed by atoms with Crippen LogP contribution in [0.4, 0.5) is 5.00 Å². The van der Waals surface area contributed by atoms with Gasteiger partial charge in [-0.3, -0.25) is 24.5 Å². The second-order valence-corrected chi connectivity index (χ2v) is 8.24. The third-order valence-corrected chi connectivity index (χ3v) is 5.91. The fourth-order valence-electron chi connectivity index (χ4n) is 2.85. The molecule has 0 saturated carbocycles. The predicted octanol–water partition coefficient (Wildman–Crippen LogP) is 2.13. The number of halogens is 1. The molecule has 9 nitrogen and oxygen atoms in total. The minimum atomic E-state index is -0.527. The predicted molar refractivity (Wildman–Crippen MR) is 110 cm³/mol. The minimum Gasteiger partial charge on any atom is -0.343 e. The van der Waals surface area contributed by atoms with E-state index in [1.165, 1.54) is 12.1 Å². The summed E-state index contributed by atoms with van der Waals surface area (Å²) >= 11 is 4.13. The average molecular weight is 481 g/mol. The number of benzene rings is 1. The van der Waals surface area contributed by atoms with E-state index in [-0.39, 0.29) is 29.3 Å². The first kappa shape index (κ1) is 20.9. The lowest BCUT2D eigenvalue weighted by atomic mass is 10.2. The van der Waals surface area contributed by atoms with Gasteiger partial charge in [0, 0.05) is 42.3 Å². The largest absolute Gasteiger partial charge is 0.343 e. The van der Waals surface area contributed by atoms with Crippen LogP contribution in [-0.2, 0) is 4.79 Å². The lowest BCUT2D eigenvalue weighted by Crippen LogP contribution is -2.52. The molecular weight excluding hydrogens is 464 g/mol. The van der Waals surface area contributed by atoms with Crippen LogP contribution in [-0.4, -0.2) is 65.2 Å². The Morgan fingerprint density at radius 2 is 1.79 bits per heavy atom. The van der Waals surface area contributed by atoms with E-state index in [9.17, 15) is 24.5 Å². The maximum absolute atomic E-state index is 12.5. The van der Waals surface area contributed by atoms with Crippen LogP contribution in [0.15, 0.2) is 40.9 Å². The van der Waals surface area contributed by atoms with Crippen LogP contribution in [0.25, 0.3) is 0 Å². The van der Waals surface area contributed by atoms with Crippen molar-refractivity contribution >= 4 is 50.0 Å². The smallest absolute Gasteiger partial charge is 0.324 e. The normalized spacial score (nSPS) is 13.8. The molecule has 11 heteroatoms. The van der Waals surface area contributed by atoms with Gasteiger partial charge in [-0.15, -0.1) is 0 Å². The van der Waals surface area contributed by atoms with Crippen molar-refractivity contribution in [2.45, 2.75) is 0 Å². The topological polar surface area (TPSA) is 113 Å². The average Bonchev–Trinajstić information content (AvgIpc) is 3.22. The van der Waals surface area contributed by atoms with Crippen LogP contribution in [0, 0.1) is 10.1 Å². The number of piperazine rings is 1. The summed E-state index contributed by atoms with van der Waals surface area (Å²) in [6.07, 6.45) is 0. The fraction of sp³-hybridized carbons (Fsp3) is 0.278. The van der Waals surface area contributed by atoms with Gasteiger partial charge >= 0.3 is 5.00 Å². The molecule has 1 saturated heterocycles. The highest BCUT2D eigenvalue weighted by Gasteiger charge is 2.26. The van der Waals surface area contributed by atoms with Crippen molar-refractivity contribution in [1.29, 1.82) is 0 Å². The molecule has 0 unspecified atom stereocenters. The van der Waals surface area contributed by atoms with E-state index in [0.717, 1.165) is 15.8 Å². The summed E-state index contributed by atoms with van der Waals surface area (Å²) in [5.41, 5.74) is 0.452. The summed E-state index contributed by atoms with van der Waals surface area (Å²) in [5.74, 6) is -0.849. The maximum atomic E-state index is 12.5. The Kier molecular flexibility index (Phi) is 6.60. The van der Waals surface area contributed by atoms with Crippen molar-refractivity contribution in [3.05, 3.63) is 61.4 Å². The standard InChI is InChI=1S/C18H17BrN4O5S/c19-13-3-1-2-12(10-13)17(25)20-11-15(24)21-6-8-22(9-7-21)18(26)14-4-5-16(29-14)23(27)28/h1-5,10H,6-9,11H2,(H,20,25). The zero-order chi connectivity index (χ0) is 21.0. The van der Waals surface area contributed by atoms with E-state index in [2.05, 4.69) is 21.2 Å². The first-order valence-corrected chi connectivity index (χ1v) is 10.3. The number of hydrogen-bond acceptors (Lipinski definition) is 6. The van der Waals surface area contributed by atoms with E-state index < -0.39 is 4.92 Å². The lowest BCUT2D eigenvalue weighted by molar-refractivity contribution is -0.380. The molecule has 29 heavy (non-hydrogen) atoms. The first-order chi connectivity index (χ1) is 13.8. The molecule has 0 atom stereocenters. The number of carbonyl (C=O) groups is 3. The molecule has 1 aliphatic heterocycles. The van der Waals surface area contributed by atoms with Crippen molar-refractivity contribution in [1.82, 2.24) is 15.1 Å². The molecule has 3 amide bonds. The summed E-state index contributed by atoms with van der Waals surface area (Å²) in [7, 11) is 0. The number of carbonyl (C=O) groups excluding carboxylic acids is 3. The quantitative estimate of drug-likeness (QED) is 0.520. The molecule has 3 rings (SSSR count). The minimum absolute atomic E-state index is 0.0802. The highest BCUT2D eigenvalue weighted by Crippen LogP contribution is 2.25. The van der Waals surface area contributed by atoms with Crippen molar-refractivity contribution in [3.63, 3.8) is 0 Å². The van der Waals surface area contributed by atoms with Gasteiger partial charge in [0.15, 0.2) is 0 Å². The van der Waals surface area contributed by atoms with E-state index in [1.807, 2.05) is 0 Å². The second kappa shape index (κ2) is 9.14. The number of hydrogen-bond donors (Lipinski definition) is 1. The third-order valence-electron chi connectivity index (χ3n) is 4.39. The molecule has 0 aliphatic carbocycles. The number of thiophene rings is 1. The summed E-state index contributed by atoms with van der Waals surface area (Å²) < 4.78 is 0.772. The Balaban J connectivity index is 1.48. The van der Waals surface area contributed by atoms with Crippen LogP contribution in [0.1, 0.15) is 20.0 Å². The molecule has 1 N–H and O–H groups in total. The summed E-state index contributed by atoms with van der Waals surface area (Å²) in [6, 6.07) is 9.62. The summed E-state index contributed by atoms with van der Waals surface area (Å²) in [4.78, 5) is 50.6. The van der Waals surface area contributed by atoms with E-state index >= 15 is 0 Å². The third kappa shape index (κ3) is 5.18. The van der Waals surface area contributed by atoms with E-state index in [1.54, 1.807) is 34.1 Å². The van der Waals surface area contributed by atoms with Gasteiger partial charge in [-0.2, -0.15) is 0 Å². The Hall–Kier alpha value is -2.79. The first-order valence-electron chi connectivity index (χ1n) is 8.70. The SMILES string of the molecule is O=C(NCC(=O)N1CCN(C(=O)c2ccc([N+](=O)[O-])s2)CC1)c1cccc(Br)c1. The van der Waals surface area contributed by atoms with Gasteiger partial charge in [-0.1, -0.05) is 33.3 Å². The van der Waals surface area contributed by atoms with Crippen LogP contribution in [0.3, 0.4) is 0 Å².